The van der Waals surface area contributed by atoms with E-state index in [9.17, 15) is 4.79 Å². The lowest BCUT2D eigenvalue weighted by Crippen LogP contribution is -2.17. The van der Waals surface area contributed by atoms with E-state index in [1.807, 2.05) is 49.4 Å². The Hall–Kier alpha value is -3.80. The highest BCUT2D eigenvalue weighted by Gasteiger charge is 2.07. The number of ether oxygens (including phenoxy) is 3. The Labute approximate surface area is 176 Å². The van der Waals surface area contributed by atoms with Crippen LogP contribution in [-0.4, -0.2) is 25.8 Å². The molecule has 1 N–H and O–H groups in total. The van der Waals surface area contributed by atoms with Gasteiger partial charge >= 0.3 is 0 Å². The molecule has 0 spiro atoms. The van der Waals surface area contributed by atoms with Gasteiger partial charge in [-0.2, -0.15) is 5.10 Å². The van der Waals surface area contributed by atoms with Crippen molar-refractivity contribution in [3.63, 3.8) is 0 Å². The van der Waals surface area contributed by atoms with Crippen molar-refractivity contribution in [2.75, 3.05) is 13.7 Å². The lowest BCUT2D eigenvalue weighted by molar-refractivity contribution is 0.0955. The molecule has 0 saturated heterocycles. The van der Waals surface area contributed by atoms with Gasteiger partial charge in [0.15, 0.2) is 11.5 Å². The molecule has 0 bridgehead atoms. The number of hydrogen-bond donors (Lipinski definition) is 1. The molecule has 0 aliphatic heterocycles. The van der Waals surface area contributed by atoms with Crippen molar-refractivity contribution in [3.8, 4) is 17.2 Å². The Bertz CT molecular complexity index is 986. The topological polar surface area (TPSA) is 69.2 Å². The highest BCUT2D eigenvalue weighted by atomic mass is 16.5. The number of methoxy groups -OCH3 is 1. The standard InChI is InChI=1S/C24H24N2O4/c1-3-29-21-12-10-20(11-13-21)24(27)26-25-16-19-9-14-22(23(15-19)28-2)30-17-18-7-5-4-6-8-18/h4-16H,3,17H2,1-2H3,(H,26,27). The highest BCUT2D eigenvalue weighted by Crippen LogP contribution is 2.28. The van der Waals surface area contributed by atoms with Crippen LogP contribution in [0.25, 0.3) is 0 Å². The maximum atomic E-state index is 12.2. The number of carbonyl (C=O) groups is 1. The Morgan fingerprint density at radius 2 is 1.73 bits per heavy atom. The molecule has 0 atom stereocenters. The first-order chi connectivity index (χ1) is 14.7. The summed E-state index contributed by atoms with van der Waals surface area (Å²) in [4.78, 5) is 12.2. The summed E-state index contributed by atoms with van der Waals surface area (Å²) in [6.45, 7) is 2.93. The molecule has 0 saturated carbocycles. The van der Waals surface area contributed by atoms with E-state index in [1.54, 1.807) is 43.7 Å². The zero-order valence-corrected chi connectivity index (χ0v) is 17.0. The molecule has 0 unspecified atom stereocenters. The summed E-state index contributed by atoms with van der Waals surface area (Å²) in [6, 6.07) is 22.2. The van der Waals surface area contributed by atoms with Crippen molar-refractivity contribution in [1.82, 2.24) is 5.43 Å². The van der Waals surface area contributed by atoms with Crippen LogP contribution in [0.2, 0.25) is 0 Å². The number of hydrazone groups is 1. The van der Waals surface area contributed by atoms with Gasteiger partial charge in [0.2, 0.25) is 0 Å². The van der Waals surface area contributed by atoms with E-state index in [2.05, 4.69) is 10.5 Å². The molecule has 3 aromatic rings. The van der Waals surface area contributed by atoms with Gasteiger partial charge in [-0.15, -0.1) is 0 Å². The third-order valence-electron chi connectivity index (χ3n) is 4.23. The van der Waals surface area contributed by atoms with Gasteiger partial charge in [0.1, 0.15) is 12.4 Å². The van der Waals surface area contributed by atoms with E-state index in [0.717, 1.165) is 16.9 Å². The monoisotopic (exact) mass is 404 g/mol. The third-order valence-corrected chi connectivity index (χ3v) is 4.23. The van der Waals surface area contributed by atoms with Crippen LogP contribution in [0, 0.1) is 0 Å². The number of nitrogens with zero attached hydrogens (tertiary/aromatic N) is 1. The van der Waals surface area contributed by atoms with E-state index in [4.69, 9.17) is 14.2 Å². The molecule has 6 heteroatoms. The van der Waals surface area contributed by atoms with Crippen LogP contribution in [0.4, 0.5) is 0 Å². The van der Waals surface area contributed by atoms with Gasteiger partial charge in [-0.1, -0.05) is 30.3 Å². The summed E-state index contributed by atoms with van der Waals surface area (Å²) in [5.74, 6) is 1.65. The zero-order valence-electron chi connectivity index (χ0n) is 17.0. The Morgan fingerprint density at radius 1 is 0.967 bits per heavy atom. The van der Waals surface area contributed by atoms with Gasteiger partial charge in [-0.3, -0.25) is 4.79 Å². The van der Waals surface area contributed by atoms with E-state index in [0.29, 0.717) is 30.3 Å². The molecule has 6 nitrogen and oxygen atoms in total. The first kappa shape index (κ1) is 20.9. The fraction of sp³-hybridized carbons (Fsp3) is 0.167. The molecule has 1 amide bonds. The summed E-state index contributed by atoms with van der Waals surface area (Å²) in [7, 11) is 1.58. The van der Waals surface area contributed by atoms with Crippen LogP contribution in [0.15, 0.2) is 77.9 Å². The average molecular weight is 404 g/mol. The fourth-order valence-corrected chi connectivity index (χ4v) is 2.72. The summed E-state index contributed by atoms with van der Waals surface area (Å²) >= 11 is 0. The SMILES string of the molecule is CCOc1ccc(C(=O)NN=Cc2ccc(OCc3ccccc3)c(OC)c2)cc1. The Balaban J connectivity index is 1.59. The second-order valence-corrected chi connectivity index (χ2v) is 6.34. The van der Waals surface area contributed by atoms with E-state index in [1.165, 1.54) is 0 Å². The van der Waals surface area contributed by atoms with Crippen molar-refractivity contribution in [2.24, 2.45) is 5.10 Å². The quantitative estimate of drug-likeness (QED) is 0.423. The second-order valence-electron chi connectivity index (χ2n) is 6.34. The van der Waals surface area contributed by atoms with E-state index >= 15 is 0 Å². The summed E-state index contributed by atoms with van der Waals surface area (Å²) in [6.07, 6.45) is 1.55. The molecule has 0 aliphatic carbocycles. The largest absolute Gasteiger partial charge is 0.494 e. The maximum Gasteiger partial charge on any atom is 0.271 e. The predicted molar refractivity (Wildman–Crippen MR) is 116 cm³/mol. The lowest BCUT2D eigenvalue weighted by Gasteiger charge is -2.11. The molecule has 3 rings (SSSR count). The smallest absolute Gasteiger partial charge is 0.271 e. The summed E-state index contributed by atoms with van der Waals surface area (Å²) < 4.78 is 16.6. The van der Waals surface area contributed by atoms with Crippen molar-refractivity contribution in [3.05, 3.63) is 89.5 Å². The van der Waals surface area contributed by atoms with Gasteiger partial charge in [0.25, 0.3) is 5.91 Å². The number of carbonyl (C=O) groups excluding carboxylic acids is 1. The molecule has 30 heavy (non-hydrogen) atoms. The minimum atomic E-state index is -0.302. The number of nitrogens with one attached hydrogen (secondary N) is 1. The number of benzene rings is 3. The van der Waals surface area contributed by atoms with Crippen LogP contribution in [0.1, 0.15) is 28.4 Å². The van der Waals surface area contributed by atoms with Crippen molar-refractivity contribution in [1.29, 1.82) is 0 Å². The molecule has 0 aromatic heterocycles. The third kappa shape index (κ3) is 5.85. The first-order valence-electron chi connectivity index (χ1n) is 9.60. The van der Waals surface area contributed by atoms with Gasteiger partial charge in [0, 0.05) is 5.56 Å². The van der Waals surface area contributed by atoms with Crippen LogP contribution in [0.5, 0.6) is 17.2 Å². The molecule has 154 valence electrons. The number of amides is 1. The molecule has 0 heterocycles. The van der Waals surface area contributed by atoms with E-state index < -0.39 is 0 Å². The summed E-state index contributed by atoms with van der Waals surface area (Å²) in [5.41, 5.74) is 4.85. The lowest BCUT2D eigenvalue weighted by atomic mass is 10.2. The fourth-order valence-electron chi connectivity index (χ4n) is 2.72. The summed E-state index contributed by atoms with van der Waals surface area (Å²) in [5, 5.41) is 4.02. The van der Waals surface area contributed by atoms with Gasteiger partial charge in [0.05, 0.1) is 19.9 Å². The minimum absolute atomic E-state index is 0.302. The van der Waals surface area contributed by atoms with Gasteiger partial charge in [-0.25, -0.2) is 5.43 Å². The maximum absolute atomic E-state index is 12.2. The van der Waals surface area contributed by atoms with Gasteiger partial charge < -0.3 is 14.2 Å². The highest BCUT2D eigenvalue weighted by molar-refractivity contribution is 5.95. The average Bonchev–Trinajstić information content (AvgIpc) is 2.79. The van der Waals surface area contributed by atoms with Crippen molar-refractivity contribution >= 4 is 12.1 Å². The zero-order chi connectivity index (χ0) is 21.2. The molecule has 0 radical (unpaired) electrons. The molecular formula is C24H24N2O4. The first-order valence-corrected chi connectivity index (χ1v) is 9.60. The van der Waals surface area contributed by atoms with E-state index in [-0.39, 0.29) is 5.91 Å². The van der Waals surface area contributed by atoms with Gasteiger partial charge in [-0.05, 0) is 60.5 Å². The molecular weight excluding hydrogens is 380 g/mol. The predicted octanol–water partition coefficient (Wildman–Crippen LogP) is 4.44. The van der Waals surface area contributed by atoms with Crippen LogP contribution in [0.3, 0.4) is 0 Å². The Kier molecular flexibility index (Phi) is 7.44. The van der Waals surface area contributed by atoms with Crippen molar-refractivity contribution < 1.29 is 19.0 Å². The molecule has 0 fully saturated rings. The normalized spacial score (nSPS) is 10.6. The van der Waals surface area contributed by atoms with Crippen LogP contribution in [-0.2, 0) is 6.61 Å². The minimum Gasteiger partial charge on any atom is -0.494 e. The van der Waals surface area contributed by atoms with Crippen LogP contribution >= 0.6 is 0 Å². The molecule has 3 aromatic carbocycles. The number of rotatable bonds is 9. The Morgan fingerprint density at radius 3 is 2.43 bits per heavy atom. The second kappa shape index (κ2) is 10.7. The molecule has 0 aliphatic rings. The van der Waals surface area contributed by atoms with Crippen molar-refractivity contribution in [2.45, 2.75) is 13.5 Å². The number of hydrogen-bond acceptors (Lipinski definition) is 5. The van der Waals surface area contributed by atoms with Crippen LogP contribution < -0.4 is 19.6 Å².